The average Bonchev–Trinajstić information content (AvgIpc) is 1.89. The van der Waals surface area contributed by atoms with Gasteiger partial charge in [0.05, 0.1) is 6.54 Å². The van der Waals surface area contributed by atoms with Gasteiger partial charge in [-0.3, -0.25) is 4.99 Å². The van der Waals surface area contributed by atoms with Gasteiger partial charge in [0.1, 0.15) is 0 Å². The van der Waals surface area contributed by atoms with Crippen molar-refractivity contribution in [3.8, 4) is 0 Å². The Morgan fingerprint density at radius 1 is 1.78 bits per heavy atom. The van der Waals surface area contributed by atoms with Crippen molar-refractivity contribution in [1.29, 1.82) is 0 Å². The Hall–Kier alpha value is -0.790. The summed E-state index contributed by atoms with van der Waals surface area (Å²) in [4.78, 5) is 6.30. The van der Waals surface area contributed by atoms with E-state index in [9.17, 15) is 0 Å². The summed E-state index contributed by atoms with van der Waals surface area (Å²) >= 11 is 0. The molecule has 0 aromatic carbocycles. The van der Waals surface area contributed by atoms with Crippen molar-refractivity contribution in [2.24, 2.45) is 4.99 Å². The van der Waals surface area contributed by atoms with Crippen LogP contribution in [0.2, 0.25) is 0 Å². The first-order chi connectivity index (χ1) is 4.34. The molecular weight excluding hydrogens is 112 g/mol. The second kappa shape index (κ2) is 2.67. The van der Waals surface area contributed by atoms with Crippen LogP contribution in [0.5, 0.6) is 0 Å². The number of allylic oxidation sites excluding steroid dienone is 1. The van der Waals surface area contributed by atoms with Gasteiger partial charge in [-0.25, -0.2) is 0 Å². The fourth-order valence-corrected chi connectivity index (χ4v) is 0.910. The fourth-order valence-electron chi connectivity index (χ4n) is 0.910. The van der Waals surface area contributed by atoms with Crippen LogP contribution in [0, 0.1) is 0 Å². The summed E-state index contributed by atoms with van der Waals surface area (Å²) in [5.41, 5.74) is 1.26. The zero-order valence-corrected chi connectivity index (χ0v) is 5.96. The smallest absolute Gasteiger partial charge is 0.0529 e. The van der Waals surface area contributed by atoms with Gasteiger partial charge in [-0.05, 0) is 13.8 Å². The molecule has 1 aliphatic rings. The van der Waals surface area contributed by atoms with Gasteiger partial charge in [0.2, 0.25) is 0 Å². The molecule has 0 amide bonds. The minimum Gasteiger partial charge on any atom is -0.369 e. The van der Waals surface area contributed by atoms with E-state index in [4.69, 9.17) is 0 Å². The molecule has 2 heteroatoms. The summed E-state index contributed by atoms with van der Waals surface area (Å²) in [5, 5.41) is 0. The summed E-state index contributed by atoms with van der Waals surface area (Å²) in [6.07, 6.45) is 3.82. The average molecular weight is 124 g/mol. The Morgan fingerprint density at radius 2 is 2.56 bits per heavy atom. The van der Waals surface area contributed by atoms with Gasteiger partial charge >= 0.3 is 0 Å². The fraction of sp³-hybridized carbons (Fsp3) is 0.571. The van der Waals surface area contributed by atoms with Gasteiger partial charge in [0.25, 0.3) is 0 Å². The molecule has 1 heterocycles. The van der Waals surface area contributed by atoms with E-state index >= 15 is 0 Å². The van der Waals surface area contributed by atoms with Crippen LogP contribution in [0.15, 0.2) is 16.9 Å². The summed E-state index contributed by atoms with van der Waals surface area (Å²) in [6.45, 7) is 6.28. The van der Waals surface area contributed by atoms with Crippen molar-refractivity contribution in [1.82, 2.24) is 4.90 Å². The molecule has 50 valence electrons. The Kier molecular flexibility index (Phi) is 1.88. The highest BCUT2D eigenvalue weighted by Crippen LogP contribution is 2.04. The lowest BCUT2D eigenvalue weighted by molar-refractivity contribution is 0.410. The molecular formula is C7H12N2. The van der Waals surface area contributed by atoms with E-state index in [1.165, 1.54) is 5.70 Å². The SMILES string of the molecule is CCN1CC=NC=C1C. The number of aliphatic imine (C=N–C) groups is 1. The first-order valence-electron chi connectivity index (χ1n) is 3.28. The maximum Gasteiger partial charge on any atom is 0.0529 e. The Balaban J connectivity index is 2.59. The highest BCUT2D eigenvalue weighted by molar-refractivity contribution is 5.62. The first-order valence-corrected chi connectivity index (χ1v) is 3.28. The molecule has 0 unspecified atom stereocenters. The summed E-state index contributed by atoms with van der Waals surface area (Å²) in [6, 6.07) is 0. The zero-order chi connectivity index (χ0) is 6.69. The van der Waals surface area contributed by atoms with Crippen LogP contribution in [-0.2, 0) is 0 Å². The van der Waals surface area contributed by atoms with Crippen molar-refractivity contribution in [3.05, 3.63) is 11.9 Å². The normalized spacial score (nSPS) is 18.0. The molecule has 0 N–H and O–H groups in total. The molecule has 0 atom stereocenters. The lowest BCUT2D eigenvalue weighted by Crippen LogP contribution is -2.25. The van der Waals surface area contributed by atoms with Gasteiger partial charge in [-0.1, -0.05) is 0 Å². The molecule has 0 saturated heterocycles. The van der Waals surface area contributed by atoms with E-state index in [2.05, 4.69) is 23.7 Å². The summed E-state index contributed by atoms with van der Waals surface area (Å²) in [7, 11) is 0. The van der Waals surface area contributed by atoms with Gasteiger partial charge in [-0.15, -0.1) is 0 Å². The minimum atomic E-state index is 0.971. The third-order valence-electron chi connectivity index (χ3n) is 1.55. The Morgan fingerprint density at radius 3 is 3.00 bits per heavy atom. The molecule has 0 radical (unpaired) electrons. The highest BCUT2D eigenvalue weighted by atomic mass is 15.1. The van der Waals surface area contributed by atoms with Crippen LogP contribution in [0.4, 0.5) is 0 Å². The van der Waals surface area contributed by atoms with Gasteiger partial charge < -0.3 is 4.90 Å². The molecule has 9 heavy (non-hydrogen) atoms. The van der Waals surface area contributed by atoms with Crippen LogP contribution in [0.25, 0.3) is 0 Å². The van der Waals surface area contributed by atoms with Crippen molar-refractivity contribution in [2.45, 2.75) is 13.8 Å². The van der Waals surface area contributed by atoms with Crippen LogP contribution in [0.3, 0.4) is 0 Å². The van der Waals surface area contributed by atoms with Crippen molar-refractivity contribution in [2.75, 3.05) is 13.1 Å². The van der Waals surface area contributed by atoms with Crippen molar-refractivity contribution >= 4 is 6.21 Å². The number of hydrogen-bond acceptors (Lipinski definition) is 2. The van der Waals surface area contributed by atoms with Crippen LogP contribution < -0.4 is 0 Å². The van der Waals surface area contributed by atoms with Crippen LogP contribution >= 0.6 is 0 Å². The number of hydrogen-bond donors (Lipinski definition) is 0. The van der Waals surface area contributed by atoms with Crippen LogP contribution in [-0.4, -0.2) is 24.2 Å². The molecule has 0 fully saturated rings. The lowest BCUT2D eigenvalue weighted by atomic mass is 10.4. The maximum atomic E-state index is 4.03. The minimum absolute atomic E-state index is 0.971. The third kappa shape index (κ3) is 1.31. The monoisotopic (exact) mass is 124 g/mol. The molecule has 0 aromatic heterocycles. The maximum absolute atomic E-state index is 4.03. The second-order valence-electron chi connectivity index (χ2n) is 2.14. The molecule has 0 aromatic rings. The predicted octanol–water partition coefficient (Wildman–Crippen LogP) is 1.25. The van der Waals surface area contributed by atoms with E-state index in [1.807, 2.05) is 12.4 Å². The molecule has 0 aliphatic carbocycles. The Labute approximate surface area is 55.9 Å². The van der Waals surface area contributed by atoms with E-state index in [1.54, 1.807) is 0 Å². The Bertz CT molecular complexity index is 147. The van der Waals surface area contributed by atoms with Crippen LogP contribution in [0.1, 0.15) is 13.8 Å². The standard InChI is InChI=1S/C7H12N2/c1-3-9-5-4-8-6-7(9)2/h4,6H,3,5H2,1-2H3. The number of nitrogens with zero attached hydrogens (tertiary/aromatic N) is 2. The van der Waals surface area contributed by atoms with Gasteiger partial charge in [0, 0.05) is 24.7 Å². The molecule has 1 aliphatic heterocycles. The zero-order valence-electron chi connectivity index (χ0n) is 5.96. The van der Waals surface area contributed by atoms with E-state index in [-0.39, 0.29) is 0 Å². The number of rotatable bonds is 1. The van der Waals surface area contributed by atoms with Gasteiger partial charge in [-0.2, -0.15) is 0 Å². The highest BCUT2D eigenvalue weighted by Gasteiger charge is 2.01. The van der Waals surface area contributed by atoms with Crippen molar-refractivity contribution in [3.63, 3.8) is 0 Å². The van der Waals surface area contributed by atoms with Gasteiger partial charge in [0.15, 0.2) is 0 Å². The summed E-state index contributed by atoms with van der Waals surface area (Å²) < 4.78 is 0. The molecule has 0 bridgehead atoms. The predicted molar refractivity (Wildman–Crippen MR) is 39.5 cm³/mol. The van der Waals surface area contributed by atoms with E-state index in [0.717, 1.165) is 13.1 Å². The first kappa shape index (κ1) is 6.33. The summed E-state index contributed by atoms with van der Waals surface area (Å²) in [5.74, 6) is 0. The van der Waals surface area contributed by atoms with E-state index < -0.39 is 0 Å². The van der Waals surface area contributed by atoms with E-state index in [0.29, 0.717) is 0 Å². The topological polar surface area (TPSA) is 15.6 Å². The second-order valence-corrected chi connectivity index (χ2v) is 2.14. The molecule has 0 saturated carbocycles. The molecule has 2 nitrogen and oxygen atoms in total. The largest absolute Gasteiger partial charge is 0.369 e. The molecule has 0 spiro atoms. The van der Waals surface area contributed by atoms with Crippen molar-refractivity contribution < 1.29 is 0 Å². The lowest BCUT2D eigenvalue weighted by Gasteiger charge is -2.22. The molecule has 1 rings (SSSR count). The third-order valence-corrected chi connectivity index (χ3v) is 1.55. The quantitative estimate of drug-likeness (QED) is 0.513.